The van der Waals surface area contributed by atoms with Gasteiger partial charge in [0.15, 0.2) is 0 Å². The Hall–Kier alpha value is -1.89. The number of aromatic amines is 1. The van der Waals surface area contributed by atoms with E-state index in [1.807, 2.05) is 20.9 Å². The van der Waals surface area contributed by atoms with Gasteiger partial charge in [0.2, 0.25) is 5.91 Å². The Labute approximate surface area is 143 Å². The maximum Gasteiger partial charge on any atom is 0.323 e. The molecule has 2 N–H and O–H groups in total. The molecule has 0 spiro atoms. The highest BCUT2D eigenvalue weighted by atomic mass is 16.4. The standard InChI is InChI=1S/C17H28N4O3/c1-12(20(3)15-7-5-4-6-8-15)17(24)21(11-16(22)23)10-14-9-18-13(2)19-14/h9,12,15H,4-8,10-11H2,1-3H3,(H,18,19)(H,22,23). The molecular weight excluding hydrogens is 308 g/mol. The van der Waals surface area contributed by atoms with Crippen molar-refractivity contribution in [2.75, 3.05) is 13.6 Å². The monoisotopic (exact) mass is 336 g/mol. The third kappa shape index (κ3) is 4.80. The minimum absolute atomic E-state index is 0.155. The van der Waals surface area contributed by atoms with Crippen LogP contribution in [0.5, 0.6) is 0 Å². The van der Waals surface area contributed by atoms with Crippen LogP contribution in [0.3, 0.4) is 0 Å². The fourth-order valence-electron chi connectivity index (χ4n) is 3.38. The molecular formula is C17H28N4O3. The molecule has 1 amide bonds. The highest BCUT2D eigenvalue weighted by molar-refractivity contribution is 5.85. The van der Waals surface area contributed by atoms with Crippen LogP contribution in [0.4, 0.5) is 0 Å². The zero-order chi connectivity index (χ0) is 17.7. The van der Waals surface area contributed by atoms with E-state index in [-0.39, 0.29) is 25.0 Å². The van der Waals surface area contributed by atoms with Gasteiger partial charge in [-0.25, -0.2) is 4.98 Å². The van der Waals surface area contributed by atoms with E-state index in [0.29, 0.717) is 6.04 Å². The summed E-state index contributed by atoms with van der Waals surface area (Å²) < 4.78 is 0. The van der Waals surface area contributed by atoms with Gasteiger partial charge >= 0.3 is 5.97 Å². The summed E-state index contributed by atoms with van der Waals surface area (Å²) >= 11 is 0. The summed E-state index contributed by atoms with van der Waals surface area (Å²) in [7, 11) is 1.97. The maximum atomic E-state index is 12.9. The average Bonchev–Trinajstić information content (AvgIpc) is 2.97. The molecule has 24 heavy (non-hydrogen) atoms. The van der Waals surface area contributed by atoms with E-state index in [1.165, 1.54) is 24.2 Å². The molecule has 1 aromatic heterocycles. The van der Waals surface area contributed by atoms with Crippen molar-refractivity contribution in [3.05, 3.63) is 17.7 Å². The number of rotatable bonds is 7. The number of H-pyrrole nitrogens is 1. The molecule has 2 rings (SSSR count). The van der Waals surface area contributed by atoms with Crippen molar-refractivity contribution in [3.63, 3.8) is 0 Å². The summed E-state index contributed by atoms with van der Waals surface area (Å²) in [5.74, 6) is -0.412. The van der Waals surface area contributed by atoms with E-state index in [1.54, 1.807) is 6.20 Å². The molecule has 1 fully saturated rings. The van der Waals surface area contributed by atoms with Crippen LogP contribution in [0.1, 0.15) is 50.5 Å². The van der Waals surface area contributed by atoms with E-state index < -0.39 is 5.97 Å². The number of imidazole rings is 1. The highest BCUT2D eigenvalue weighted by Gasteiger charge is 2.30. The minimum atomic E-state index is -1.01. The number of likely N-dealkylation sites (N-methyl/N-ethyl adjacent to an activating group) is 1. The Morgan fingerprint density at radius 3 is 2.58 bits per heavy atom. The van der Waals surface area contributed by atoms with Crippen LogP contribution < -0.4 is 0 Å². The lowest BCUT2D eigenvalue weighted by atomic mass is 9.93. The van der Waals surface area contributed by atoms with Crippen molar-refractivity contribution < 1.29 is 14.7 Å². The topological polar surface area (TPSA) is 89.5 Å². The summed E-state index contributed by atoms with van der Waals surface area (Å²) in [5.41, 5.74) is 0.745. The van der Waals surface area contributed by atoms with E-state index >= 15 is 0 Å². The molecule has 0 aliphatic heterocycles. The predicted octanol–water partition coefficient (Wildman–Crippen LogP) is 1.78. The molecule has 134 valence electrons. The van der Waals surface area contributed by atoms with Gasteiger partial charge in [-0.3, -0.25) is 14.5 Å². The van der Waals surface area contributed by atoms with E-state index in [2.05, 4.69) is 14.9 Å². The molecule has 1 aliphatic rings. The fraction of sp³-hybridized carbons (Fsp3) is 0.706. The van der Waals surface area contributed by atoms with Crippen molar-refractivity contribution in [1.82, 2.24) is 19.8 Å². The van der Waals surface area contributed by atoms with Crippen LogP contribution in [0, 0.1) is 6.92 Å². The first kappa shape index (κ1) is 18.4. The largest absolute Gasteiger partial charge is 0.480 e. The molecule has 0 saturated heterocycles. The first-order valence-corrected chi connectivity index (χ1v) is 8.61. The molecule has 1 heterocycles. The molecule has 7 nitrogen and oxygen atoms in total. The molecule has 1 aliphatic carbocycles. The second kappa shape index (κ2) is 8.28. The number of aliphatic carboxylic acids is 1. The van der Waals surface area contributed by atoms with E-state index in [4.69, 9.17) is 5.11 Å². The van der Waals surface area contributed by atoms with Gasteiger partial charge in [0.05, 0.1) is 24.5 Å². The Balaban J connectivity index is 2.05. The second-order valence-corrected chi connectivity index (χ2v) is 6.72. The van der Waals surface area contributed by atoms with Gasteiger partial charge in [0, 0.05) is 6.04 Å². The van der Waals surface area contributed by atoms with Gasteiger partial charge in [-0.1, -0.05) is 19.3 Å². The highest BCUT2D eigenvalue weighted by Crippen LogP contribution is 2.23. The summed E-state index contributed by atoms with van der Waals surface area (Å²) in [4.78, 5) is 34.7. The number of nitrogens with one attached hydrogen (secondary N) is 1. The fourth-order valence-corrected chi connectivity index (χ4v) is 3.38. The van der Waals surface area contributed by atoms with Gasteiger partial charge in [0.25, 0.3) is 0 Å². The molecule has 1 saturated carbocycles. The first-order valence-electron chi connectivity index (χ1n) is 8.61. The number of aromatic nitrogens is 2. The van der Waals surface area contributed by atoms with E-state index in [0.717, 1.165) is 24.4 Å². The van der Waals surface area contributed by atoms with Crippen LogP contribution in [0.25, 0.3) is 0 Å². The number of amides is 1. The van der Waals surface area contributed by atoms with Gasteiger partial charge in [0.1, 0.15) is 12.4 Å². The van der Waals surface area contributed by atoms with Crippen molar-refractivity contribution >= 4 is 11.9 Å². The van der Waals surface area contributed by atoms with Crippen LogP contribution >= 0.6 is 0 Å². The summed E-state index contributed by atoms with van der Waals surface area (Å²) in [6.07, 6.45) is 7.51. The Kier molecular flexibility index (Phi) is 6.36. The van der Waals surface area contributed by atoms with Gasteiger partial charge in [-0.05, 0) is 33.7 Å². The predicted molar refractivity (Wildman–Crippen MR) is 90.5 cm³/mol. The van der Waals surface area contributed by atoms with Gasteiger partial charge in [-0.15, -0.1) is 0 Å². The number of hydrogen-bond acceptors (Lipinski definition) is 4. The number of hydrogen-bond donors (Lipinski definition) is 2. The molecule has 0 radical (unpaired) electrons. The van der Waals surface area contributed by atoms with Crippen LogP contribution in [0.15, 0.2) is 6.20 Å². The Morgan fingerprint density at radius 1 is 1.38 bits per heavy atom. The summed E-state index contributed by atoms with van der Waals surface area (Å²) in [6.45, 7) is 3.62. The number of carbonyl (C=O) groups excluding carboxylic acids is 1. The van der Waals surface area contributed by atoms with Crippen LogP contribution in [0.2, 0.25) is 0 Å². The van der Waals surface area contributed by atoms with Gasteiger partial charge < -0.3 is 15.0 Å². The average molecular weight is 336 g/mol. The van der Waals surface area contributed by atoms with Crippen molar-refractivity contribution in [2.45, 2.75) is 64.6 Å². The number of nitrogens with zero attached hydrogens (tertiary/aromatic N) is 3. The number of aryl methyl sites for hydroxylation is 1. The molecule has 1 unspecified atom stereocenters. The number of carboxylic acids is 1. The molecule has 0 bridgehead atoms. The quantitative estimate of drug-likeness (QED) is 0.792. The molecule has 7 heteroatoms. The summed E-state index contributed by atoms with van der Waals surface area (Å²) in [5, 5.41) is 9.15. The van der Waals surface area contributed by atoms with Crippen molar-refractivity contribution in [2.24, 2.45) is 0 Å². The number of carboxylic acid groups (broad SMARTS) is 1. The third-order valence-corrected chi connectivity index (χ3v) is 4.87. The van der Waals surface area contributed by atoms with E-state index in [9.17, 15) is 9.59 Å². The van der Waals surface area contributed by atoms with Crippen LogP contribution in [-0.2, 0) is 16.1 Å². The lowest BCUT2D eigenvalue weighted by Crippen LogP contribution is -2.50. The lowest BCUT2D eigenvalue weighted by molar-refractivity contribution is -0.147. The zero-order valence-electron chi connectivity index (χ0n) is 14.8. The Morgan fingerprint density at radius 2 is 2.04 bits per heavy atom. The first-order chi connectivity index (χ1) is 11.4. The second-order valence-electron chi connectivity index (χ2n) is 6.72. The SMILES string of the molecule is Cc1ncc(CN(CC(=O)O)C(=O)C(C)N(C)C2CCCCC2)[nH]1. The molecule has 1 aromatic rings. The minimum Gasteiger partial charge on any atom is -0.480 e. The normalized spacial score (nSPS) is 17.0. The maximum absolute atomic E-state index is 12.9. The zero-order valence-corrected chi connectivity index (χ0v) is 14.8. The van der Waals surface area contributed by atoms with Gasteiger partial charge in [-0.2, -0.15) is 0 Å². The molecule has 1 atom stereocenters. The smallest absolute Gasteiger partial charge is 0.323 e. The van der Waals surface area contributed by atoms with Crippen LogP contribution in [-0.4, -0.2) is 62.4 Å². The van der Waals surface area contributed by atoms with Crippen molar-refractivity contribution in [1.29, 1.82) is 0 Å². The molecule has 0 aromatic carbocycles. The third-order valence-electron chi connectivity index (χ3n) is 4.87. The Bertz CT molecular complexity index is 566. The summed E-state index contributed by atoms with van der Waals surface area (Å²) in [6, 6.07) is 0.0650. The lowest BCUT2D eigenvalue weighted by Gasteiger charge is -2.36. The van der Waals surface area contributed by atoms with Crippen molar-refractivity contribution in [3.8, 4) is 0 Å². The number of carbonyl (C=O) groups is 2.